The van der Waals surface area contributed by atoms with Crippen LogP contribution in [0.4, 0.5) is 4.39 Å². The Morgan fingerprint density at radius 1 is 1.23 bits per heavy atom. The molecule has 1 aromatic carbocycles. The number of rotatable bonds is 9. The topological polar surface area (TPSA) is 125 Å². The summed E-state index contributed by atoms with van der Waals surface area (Å²) < 4.78 is 34.4. The Morgan fingerprint density at radius 3 is 2.58 bits per heavy atom. The zero-order valence-corrected chi connectivity index (χ0v) is 17.7. The second-order valence-corrected chi connectivity index (χ2v) is 8.16. The van der Waals surface area contributed by atoms with Crippen molar-refractivity contribution >= 4 is 22.1 Å². The molecular weight excluding hydrogens is 425 g/mol. The van der Waals surface area contributed by atoms with E-state index in [0.717, 1.165) is 11.1 Å². The number of pyridine rings is 2. The van der Waals surface area contributed by atoms with Gasteiger partial charge in [-0.3, -0.25) is 9.78 Å². The fourth-order valence-corrected chi connectivity index (χ4v) is 3.81. The van der Waals surface area contributed by atoms with Gasteiger partial charge in [-0.1, -0.05) is 12.1 Å². The van der Waals surface area contributed by atoms with Crippen LogP contribution in [0.1, 0.15) is 22.3 Å². The molecule has 0 bridgehead atoms. The number of benzene rings is 1. The predicted octanol–water partition coefficient (Wildman–Crippen LogP) is 1.06. The van der Waals surface area contributed by atoms with Crippen LogP contribution in [-0.2, 0) is 30.5 Å². The Morgan fingerprint density at radius 2 is 1.94 bits per heavy atom. The van der Waals surface area contributed by atoms with Crippen LogP contribution in [0.2, 0.25) is 0 Å². The van der Waals surface area contributed by atoms with E-state index in [2.05, 4.69) is 10.3 Å². The monoisotopic (exact) mass is 449 g/mol. The molecule has 0 fully saturated rings. The third-order valence-corrected chi connectivity index (χ3v) is 5.42. The molecule has 1 atom stereocenters. The number of hydrogen-bond donors (Lipinski definition) is 4. The molecular formula is C21H24FN3O5S. The van der Waals surface area contributed by atoms with Crippen molar-refractivity contribution in [2.24, 2.45) is 0 Å². The molecule has 2 aromatic heterocycles. The molecule has 0 aliphatic heterocycles. The first-order valence-corrected chi connectivity index (χ1v) is 10.9. The van der Waals surface area contributed by atoms with Crippen LogP contribution in [0.15, 0.2) is 41.3 Å². The third kappa shape index (κ3) is 5.81. The molecule has 0 aliphatic rings. The van der Waals surface area contributed by atoms with Gasteiger partial charge in [0, 0.05) is 31.3 Å². The largest absolute Gasteiger partial charge is 0.368 e. The van der Waals surface area contributed by atoms with E-state index in [1.165, 1.54) is 16.7 Å². The van der Waals surface area contributed by atoms with Gasteiger partial charge in [-0.2, -0.15) is 0 Å². The molecule has 0 aliphatic carbocycles. The van der Waals surface area contributed by atoms with Gasteiger partial charge in [-0.05, 0) is 48.2 Å². The minimum atomic E-state index is -1.99. The number of hydrogen-bond acceptors (Lipinski definition) is 6. The number of aliphatic hydroxyl groups excluding tert-OH is 1. The lowest BCUT2D eigenvalue weighted by Crippen LogP contribution is -2.31. The van der Waals surface area contributed by atoms with Gasteiger partial charge in [0.25, 0.3) is 5.56 Å². The number of nitrogens with zero attached hydrogens (tertiary/aromatic N) is 2. The predicted molar refractivity (Wildman–Crippen MR) is 116 cm³/mol. The lowest BCUT2D eigenvalue weighted by molar-refractivity contribution is -0.0380. The van der Waals surface area contributed by atoms with Crippen molar-refractivity contribution in [1.82, 2.24) is 14.9 Å². The van der Waals surface area contributed by atoms with E-state index in [0.29, 0.717) is 28.6 Å². The van der Waals surface area contributed by atoms with E-state index in [-0.39, 0.29) is 36.8 Å². The molecule has 0 amide bonds. The molecule has 0 radical (unpaired) electrons. The molecule has 10 heteroatoms. The second-order valence-electron chi connectivity index (χ2n) is 7.23. The first-order valence-electron chi connectivity index (χ1n) is 9.66. The maximum absolute atomic E-state index is 13.2. The van der Waals surface area contributed by atoms with Crippen LogP contribution in [-0.4, -0.2) is 47.2 Å². The van der Waals surface area contributed by atoms with Gasteiger partial charge in [-0.15, -0.1) is 0 Å². The zero-order chi connectivity index (χ0) is 22.5. The molecule has 166 valence electrons. The van der Waals surface area contributed by atoms with Crippen LogP contribution >= 0.6 is 0 Å². The SMILES string of the molecule is Cc1c(CC(O)O)c2ncc(Cc3ccc(F)cc3)cc2n(CCNCS(=O)O)c1=O. The molecule has 1 unspecified atom stereocenters. The van der Waals surface area contributed by atoms with Crippen LogP contribution in [0.3, 0.4) is 0 Å². The number of aliphatic hydroxyl groups is 2. The Bertz CT molecular complexity index is 1150. The lowest BCUT2D eigenvalue weighted by Gasteiger charge is -2.17. The van der Waals surface area contributed by atoms with Gasteiger partial charge in [0.2, 0.25) is 0 Å². The molecule has 0 spiro atoms. The van der Waals surface area contributed by atoms with Crippen molar-refractivity contribution in [3.8, 4) is 0 Å². The van der Waals surface area contributed by atoms with Gasteiger partial charge >= 0.3 is 0 Å². The highest BCUT2D eigenvalue weighted by Crippen LogP contribution is 2.22. The fourth-order valence-electron chi connectivity index (χ4n) is 3.49. The van der Waals surface area contributed by atoms with Crippen molar-refractivity contribution in [3.05, 3.63) is 75.0 Å². The van der Waals surface area contributed by atoms with E-state index in [1.807, 2.05) is 6.07 Å². The Labute approximate surface area is 180 Å². The van der Waals surface area contributed by atoms with E-state index in [1.54, 1.807) is 25.3 Å². The summed E-state index contributed by atoms with van der Waals surface area (Å²) in [4.78, 5) is 17.5. The van der Waals surface area contributed by atoms with Gasteiger partial charge < -0.3 is 24.6 Å². The van der Waals surface area contributed by atoms with Gasteiger partial charge in [0.15, 0.2) is 17.4 Å². The molecule has 8 nitrogen and oxygen atoms in total. The number of halogens is 1. The van der Waals surface area contributed by atoms with Crippen LogP contribution in [0.25, 0.3) is 11.0 Å². The van der Waals surface area contributed by atoms with Crippen molar-refractivity contribution in [2.75, 3.05) is 12.4 Å². The average Bonchev–Trinajstić information content (AvgIpc) is 2.72. The summed E-state index contributed by atoms with van der Waals surface area (Å²) in [5, 5.41) is 21.8. The average molecular weight is 450 g/mol. The van der Waals surface area contributed by atoms with E-state index in [9.17, 15) is 23.6 Å². The highest BCUT2D eigenvalue weighted by Gasteiger charge is 2.17. The standard InChI is InChI=1S/C21H24FN3O5S/c1-13-17(10-19(26)27)20-18(25(21(13)28)7-6-23-12-31(29)30)9-15(11-24-20)8-14-2-4-16(22)5-3-14/h2-5,9,11,19,23,26-27H,6-8,10,12H2,1H3,(H,29,30). The van der Waals surface area contributed by atoms with Crippen LogP contribution in [0.5, 0.6) is 0 Å². The summed E-state index contributed by atoms with van der Waals surface area (Å²) >= 11 is -1.99. The van der Waals surface area contributed by atoms with E-state index >= 15 is 0 Å². The summed E-state index contributed by atoms with van der Waals surface area (Å²) in [6, 6.07) is 7.91. The van der Waals surface area contributed by atoms with Gasteiger partial charge in [-0.25, -0.2) is 8.60 Å². The Balaban J connectivity index is 2.05. The molecule has 31 heavy (non-hydrogen) atoms. The molecule has 0 saturated carbocycles. The van der Waals surface area contributed by atoms with Crippen molar-refractivity contribution < 1.29 is 23.4 Å². The zero-order valence-electron chi connectivity index (χ0n) is 16.9. The Hall–Kier alpha value is -2.50. The quantitative estimate of drug-likeness (QED) is 0.219. The highest BCUT2D eigenvalue weighted by molar-refractivity contribution is 7.79. The lowest BCUT2D eigenvalue weighted by atomic mass is 10.0. The summed E-state index contributed by atoms with van der Waals surface area (Å²) in [5.41, 5.74) is 3.22. The van der Waals surface area contributed by atoms with E-state index in [4.69, 9.17) is 4.55 Å². The normalized spacial score (nSPS) is 12.6. The highest BCUT2D eigenvalue weighted by atomic mass is 32.2. The maximum Gasteiger partial charge on any atom is 0.254 e. The Kier molecular flexibility index (Phi) is 7.63. The first kappa shape index (κ1) is 23.2. The maximum atomic E-state index is 13.2. The smallest absolute Gasteiger partial charge is 0.254 e. The number of aromatic nitrogens is 2. The number of fused-ring (bicyclic) bond motifs is 1. The van der Waals surface area contributed by atoms with Crippen molar-refractivity contribution in [1.29, 1.82) is 0 Å². The summed E-state index contributed by atoms with van der Waals surface area (Å²) in [6.07, 6.45) is 0.370. The van der Waals surface area contributed by atoms with Gasteiger partial charge in [0.05, 0.1) is 16.9 Å². The fraction of sp³-hybridized carbons (Fsp3) is 0.333. The van der Waals surface area contributed by atoms with E-state index < -0.39 is 17.4 Å². The first-order chi connectivity index (χ1) is 14.8. The second kappa shape index (κ2) is 10.2. The van der Waals surface area contributed by atoms with Crippen LogP contribution in [0, 0.1) is 12.7 Å². The molecule has 3 aromatic rings. The molecule has 3 rings (SSSR count). The molecule has 0 saturated heterocycles. The minimum Gasteiger partial charge on any atom is -0.368 e. The van der Waals surface area contributed by atoms with Crippen molar-refractivity contribution in [3.63, 3.8) is 0 Å². The summed E-state index contributed by atoms with van der Waals surface area (Å²) in [5.74, 6) is -0.442. The third-order valence-electron chi connectivity index (χ3n) is 4.97. The molecule has 2 heterocycles. The van der Waals surface area contributed by atoms with Gasteiger partial charge in [0.1, 0.15) is 5.82 Å². The minimum absolute atomic E-state index is 0.117. The summed E-state index contributed by atoms with van der Waals surface area (Å²) in [6.45, 7) is 2.13. The summed E-state index contributed by atoms with van der Waals surface area (Å²) in [7, 11) is 0. The van der Waals surface area contributed by atoms with Crippen LogP contribution < -0.4 is 10.9 Å². The number of nitrogens with one attached hydrogen (secondary N) is 1. The molecule has 4 N–H and O–H groups in total. The van der Waals surface area contributed by atoms with Crippen molar-refractivity contribution in [2.45, 2.75) is 32.6 Å².